The standard InChI is InChI=1S/C24H23F6N3O3/c25-23(26,27)18-2-1-3-19(13-18)31-8-10-32(11-9-31)22(35)17-12-21(34)33(15-17)14-16-4-6-20(7-5-16)36-24(28,29)30/h1-7,13,17H,8-12,14-15H2/t17-/m1/s1. The minimum absolute atomic E-state index is 0.0297. The summed E-state index contributed by atoms with van der Waals surface area (Å²) in [4.78, 5) is 30.4. The summed E-state index contributed by atoms with van der Waals surface area (Å²) < 4.78 is 79.8. The number of halogens is 6. The third-order valence-corrected chi connectivity index (χ3v) is 6.22. The van der Waals surface area contributed by atoms with Gasteiger partial charge in [-0.25, -0.2) is 0 Å². The molecule has 194 valence electrons. The number of amides is 2. The fourth-order valence-electron chi connectivity index (χ4n) is 4.43. The van der Waals surface area contributed by atoms with Gasteiger partial charge in [0.25, 0.3) is 0 Å². The third-order valence-electron chi connectivity index (χ3n) is 6.22. The highest BCUT2D eigenvalue weighted by atomic mass is 19.4. The largest absolute Gasteiger partial charge is 0.573 e. The number of likely N-dealkylation sites (tertiary alicyclic amines) is 1. The van der Waals surface area contributed by atoms with Crippen LogP contribution in [0.15, 0.2) is 48.5 Å². The Bertz CT molecular complexity index is 1100. The van der Waals surface area contributed by atoms with Gasteiger partial charge in [-0.1, -0.05) is 18.2 Å². The number of benzene rings is 2. The Morgan fingerprint density at radius 2 is 1.61 bits per heavy atom. The molecule has 0 spiro atoms. The van der Waals surface area contributed by atoms with E-state index in [0.29, 0.717) is 37.4 Å². The van der Waals surface area contributed by atoms with Gasteiger partial charge in [0.2, 0.25) is 11.8 Å². The molecular weight excluding hydrogens is 492 g/mol. The number of piperazine rings is 1. The smallest absolute Gasteiger partial charge is 0.406 e. The zero-order valence-electron chi connectivity index (χ0n) is 19.0. The molecule has 1 atom stereocenters. The molecule has 0 aliphatic carbocycles. The molecule has 0 radical (unpaired) electrons. The zero-order chi connectivity index (χ0) is 26.1. The number of nitrogens with zero attached hydrogens (tertiary/aromatic N) is 3. The van der Waals surface area contributed by atoms with Crippen molar-refractivity contribution in [3.05, 3.63) is 59.7 Å². The van der Waals surface area contributed by atoms with Crippen LogP contribution >= 0.6 is 0 Å². The maximum absolute atomic E-state index is 13.0. The van der Waals surface area contributed by atoms with Crippen LogP contribution < -0.4 is 9.64 Å². The molecule has 2 aliphatic rings. The van der Waals surface area contributed by atoms with Crippen molar-refractivity contribution in [1.29, 1.82) is 0 Å². The first-order valence-corrected chi connectivity index (χ1v) is 11.2. The van der Waals surface area contributed by atoms with Crippen molar-refractivity contribution in [2.75, 3.05) is 37.6 Å². The van der Waals surface area contributed by atoms with Gasteiger partial charge in [0.05, 0.1) is 11.5 Å². The van der Waals surface area contributed by atoms with Crippen LogP contribution in [0.1, 0.15) is 17.5 Å². The van der Waals surface area contributed by atoms with Gasteiger partial charge in [0.1, 0.15) is 5.75 Å². The van der Waals surface area contributed by atoms with Gasteiger partial charge in [0.15, 0.2) is 0 Å². The van der Waals surface area contributed by atoms with Crippen molar-refractivity contribution < 1.29 is 40.7 Å². The van der Waals surface area contributed by atoms with Crippen molar-refractivity contribution in [1.82, 2.24) is 9.80 Å². The summed E-state index contributed by atoms with van der Waals surface area (Å²) in [5, 5.41) is 0. The molecule has 0 aromatic heterocycles. The number of ether oxygens (including phenoxy) is 1. The minimum atomic E-state index is -4.79. The molecule has 12 heteroatoms. The maximum Gasteiger partial charge on any atom is 0.573 e. The lowest BCUT2D eigenvalue weighted by Gasteiger charge is -2.37. The quantitative estimate of drug-likeness (QED) is 0.558. The van der Waals surface area contributed by atoms with Crippen molar-refractivity contribution >= 4 is 17.5 Å². The van der Waals surface area contributed by atoms with Gasteiger partial charge < -0.3 is 19.4 Å². The first-order valence-electron chi connectivity index (χ1n) is 11.2. The second kappa shape index (κ2) is 9.90. The van der Waals surface area contributed by atoms with E-state index in [1.54, 1.807) is 15.9 Å². The molecular formula is C24H23F6N3O3. The van der Waals surface area contributed by atoms with Crippen molar-refractivity contribution in [3.8, 4) is 5.75 Å². The third kappa shape index (κ3) is 6.21. The number of hydrogen-bond acceptors (Lipinski definition) is 4. The number of carbonyl (C=O) groups is 2. The van der Waals surface area contributed by atoms with Crippen molar-refractivity contribution in [3.63, 3.8) is 0 Å². The van der Waals surface area contributed by atoms with Crippen LogP contribution in [0.2, 0.25) is 0 Å². The molecule has 2 aromatic rings. The van der Waals surface area contributed by atoms with E-state index in [4.69, 9.17) is 0 Å². The van der Waals surface area contributed by atoms with Crippen LogP contribution in [0.25, 0.3) is 0 Å². The van der Waals surface area contributed by atoms with E-state index < -0.39 is 24.0 Å². The summed E-state index contributed by atoms with van der Waals surface area (Å²) in [6.45, 7) is 1.71. The summed E-state index contributed by atoms with van der Waals surface area (Å²) in [6, 6.07) is 10.2. The summed E-state index contributed by atoms with van der Waals surface area (Å²) in [5.74, 6) is -1.34. The predicted octanol–water partition coefficient (Wildman–Crippen LogP) is 4.30. The van der Waals surface area contributed by atoms with Crippen molar-refractivity contribution in [2.45, 2.75) is 25.5 Å². The van der Waals surface area contributed by atoms with Crippen LogP contribution in [0, 0.1) is 5.92 Å². The van der Waals surface area contributed by atoms with E-state index >= 15 is 0 Å². The SMILES string of the molecule is O=C1C[C@@H](C(=O)N2CCN(c3cccc(C(F)(F)F)c3)CC2)CN1Cc1ccc(OC(F)(F)F)cc1. The van der Waals surface area contributed by atoms with E-state index in [2.05, 4.69) is 4.74 Å². The van der Waals surface area contributed by atoms with Gasteiger partial charge in [-0.15, -0.1) is 13.2 Å². The maximum atomic E-state index is 13.0. The second-order valence-corrected chi connectivity index (χ2v) is 8.73. The molecule has 2 fully saturated rings. The first kappa shape index (κ1) is 25.6. The lowest BCUT2D eigenvalue weighted by molar-refractivity contribution is -0.274. The molecule has 6 nitrogen and oxygen atoms in total. The summed E-state index contributed by atoms with van der Waals surface area (Å²) in [7, 11) is 0. The van der Waals surface area contributed by atoms with E-state index in [-0.39, 0.29) is 37.1 Å². The van der Waals surface area contributed by atoms with E-state index in [1.807, 2.05) is 0 Å². The van der Waals surface area contributed by atoms with Gasteiger partial charge in [0, 0.05) is 51.4 Å². The lowest BCUT2D eigenvalue weighted by Crippen LogP contribution is -2.50. The molecule has 4 rings (SSSR count). The Kier molecular flexibility index (Phi) is 7.05. The molecule has 0 N–H and O–H groups in total. The Morgan fingerprint density at radius 3 is 2.22 bits per heavy atom. The fraction of sp³-hybridized carbons (Fsp3) is 0.417. The van der Waals surface area contributed by atoms with E-state index in [9.17, 15) is 35.9 Å². The average molecular weight is 515 g/mol. The predicted molar refractivity (Wildman–Crippen MR) is 117 cm³/mol. The highest BCUT2D eigenvalue weighted by molar-refractivity contribution is 5.89. The monoisotopic (exact) mass is 515 g/mol. The number of rotatable bonds is 5. The second-order valence-electron chi connectivity index (χ2n) is 8.73. The molecule has 2 saturated heterocycles. The molecule has 2 aliphatic heterocycles. The van der Waals surface area contributed by atoms with Crippen LogP contribution in [0.4, 0.5) is 32.0 Å². The number of alkyl halides is 6. The molecule has 36 heavy (non-hydrogen) atoms. The van der Waals surface area contributed by atoms with Gasteiger partial charge in [-0.3, -0.25) is 9.59 Å². The highest BCUT2D eigenvalue weighted by Crippen LogP contribution is 2.32. The zero-order valence-corrected chi connectivity index (χ0v) is 19.0. The summed E-state index contributed by atoms with van der Waals surface area (Å²) in [5.41, 5.74) is 0.303. The van der Waals surface area contributed by atoms with Gasteiger partial charge in [-0.05, 0) is 35.9 Å². The molecule has 0 saturated carbocycles. The van der Waals surface area contributed by atoms with Gasteiger partial charge in [-0.2, -0.15) is 13.2 Å². The Hall–Kier alpha value is -3.44. The number of anilines is 1. The average Bonchev–Trinajstić information content (AvgIpc) is 3.18. The number of carbonyl (C=O) groups excluding carboxylic acids is 2. The summed E-state index contributed by atoms with van der Waals surface area (Å²) in [6.07, 6.45) is -9.20. The molecule has 2 amide bonds. The molecule has 2 heterocycles. The van der Waals surface area contributed by atoms with Crippen LogP contribution in [-0.2, 0) is 22.3 Å². The van der Waals surface area contributed by atoms with E-state index in [0.717, 1.165) is 24.3 Å². The van der Waals surface area contributed by atoms with Crippen LogP contribution in [0.3, 0.4) is 0 Å². The van der Waals surface area contributed by atoms with E-state index in [1.165, 1.54) is 23.1 Å². The first-order chi connectivity index (χ1) is 16.9. The Balaban J connectivity index is 1.30. The molecule has 0 bridgehead atoms. The normalized spacial score (nSPS) is 19.1. The van der Waals surface area contributed by atoms with Crippen molar-refractivity contribution in [2.24, 2.45) is 5.92 Å². The number of hydrogen-bond donors (Lipinski definition) is 0. The topological polar surface area (TPSA) is 53.1 Å². The molecule has 0 unspecified atom stereocenters. The van der Waals surface area contributed by atoms with Gasteiger partial charge >= 0.3 is 12.5 Å². The Morgan fingerprint density at radius 1 is 0.944 bits per heavy atom. The molecule has 2 aromatic carbocycles. The Labute approximate surface area is 203 Å². The van der Waals surface area contributed by atoms with Crippen LogP contribution in [0.5, 0.6) is 5.75 Å². The van der Waals surface area contributed by atoms with Crippen LogP contribution in [-0.4, -0.2) is 60.7 Å². The fourth-order valence-corrected chi connectivity index (χ4v) is 4.43. The highest BCUT2D eigenvalue weighted by Gasteiger charge is 2.38. The summed E-state index contributed by atoms with van der Waals surface area (Å²) >= 11 is 0. The minimum Gasteiger partial charge on any atom is -0.406 e. The lowest BCUT2D eigenvalue weighted by atomic mass is 10.1.